The number of sulfone groups is 1. The molecule has 2 aromatic rings. The smallest absolute Gasteiger partial charge is 0.405 e. The van der Waals surface area contributed by atoms with Gasteiger partial charge in [-0.2, -0.15) is 23.4 Å². The Hall–Kier alpha value is -3.35. The Kier molecular flexibility index (Phi) is 9.10. The molecule has 42 heavy (non-hydrogen) atoms. The number of hydrogen-bond donors (Lipinski definition) is 1. The summed E-state index contributed by atoms with van der Waals surface area (Å²) in [5, 5.41) is 9.98. The molecule has 228 valence electrons. The van der Waals surface area contributed by atoms with Crippen LogP contribution in [0.2, 0.25) is 5.02 Å². The van der Waals surface area contributed by atoms with Crippen LogP contribution in [0.3, 0.4) is 0 Å². The van der Waals surface area contributed by atoms with Crippen LogP contribution >= 0.6 is 11.6 Å². The molecule has 0 saturated carbocycles. The van der Waals surface area contributed by atoms with Crippen LogP contribution in [0.1, 0.15) is 33.0 Å². The van der Waals surface area contributed by atoms with Crippen molar-refractivity contribution in [3.8, 4) is 11.8 Å². The zero-order valence-corrected chi connectivity index (χ0v) is 24.9. The summed E-state index contributed by atoms with van der Waals surface area (Å²) in [7, 11) is -3.92. The minimum absolute atomic E-state index is 0.0171. The van der Waals surface area contributed by atoms with E-state index in [4.69, 9.17) is 16.3 Å². The number of hydrogen-bond acceptors (Lipinski definition) is 10. The van der Waals surface area contributed by atoms with Crippen molar-refractivity contribution in [2.24, 2.45) is 0 Å². The van der Waals surface area contributed by atoms with Crippen molar-refractivity contribution in [2.45, 2.75) is 49.1 Å². The van der Waals surface area contributed by atoms with Gasteiger partial charge in [-0.15, -0.1) is 0 Å². The Bertz CT molecular complexity index is 1470. The van der Waals surface area contributed by atoms with Gasteiger partial charge in [0, 0.05) is 50.5 Å². The van der Waals surface area contributed by atoms with Crippen LogP contribution in [-0.4, -0.2) is 92.2 Å². The molecule has 0 spiro atoms. The molecule has 0 radical (unpaired) electrons. The van der Waals surface area contributed by atoms with E-state index in [2.05, 4.69) is 40.5 Å². The highest BCUT2D eigenvalue weighted by molar-refractivity contribution is 7.92. The molecule has 4 rings (SSSR count). The van der Waals surface area contributed by atoms with Crippen LogP contribution in [0.5, 0.6) is 5.75 Å². The fourth-order valence-electron chi connectivity index (χ4n) is 4.93. The monoisotopic (exact) mass is 629 g/mol. The minimum Gasteiger partial charge on any atom is -0.405 e. The predicted octanol–water partition coefficient (Wildman–Crippen LogP) is 3.63. The van der Waals surface area contributed by atoms with Gasteiger partial charge in [0.2, 0.25) is 5.82 Å². The van der Waals surface area contributed by atoms with Crippen LogP contribution < -0.4 is 19.9 Å². The van der Waals surface area contributed by atoms with E-state index in [-0.39, 0.29) is 52.4 Å². The van der Waals surface area contributed by atoms with Crippen molar-refractivity contribution in [3.63, 3.8) is 0 Å². The Balaban J connectivity index is 1.48. The molecule has 1 atom stereocenters. The highest BCUT2D eigenvalue weighted by Gasteiger charge is 2.38. The molecule has 2 aliphatic rings. The number of rotatable bonds is 6. The van der Waals surface area contributed by atoms with Gasteiger partial charge < -0.3 is 19.9 Å². The Labute approximate surface area is 247 Å². The summed E-state index contributed by atoms with van der Waals surface area (Å²) in [6.07, 6.45) is -4.91. The fourth-order valence-corrected chi connectivity index (χ4v) is 7.17. The molecular formula is C26H31ClF3N7O4S. The van der Waals surface area contributed by atoms with Crippen molar-refractivity contribution in [1.82, 2.24) is 20.2 Å². The molecule has 1 N–H and O–H groups in total. The van der Waals surface area contributed by atoms with Crippen LogP contribution in [0.4, 0.5) is 29.5 Å². The maximum Gasteiger partial charge on any atom is 0.413 e. The lowest BCUT2D eigenvalue weighted by molar-refractivity contribution is -0.123. The van der Waals surface area contributed by atoms with E-state index in [0.29, 0.717) is 0 Å². The summed E-state index contributed by atoms with van der Waals surface area (Å²) < 4.78 is 69.6. The second-order valence-corrected chi connectivity index (χ2v) is 13.6. The fraction of sp³-hybridized carbons (Fsp3) is 0.538. The Morgan fingerprint density at radius 2 is 1.86 bits per heavy atom. The molecule has 0 aliphatic carbocycles. The lowest BCUT2D eigenvalue weighted by atomic mass is 10.0. The standard InChI is InChI=1S/C26H31ClF3N7O4S/c1-25(2,3)37-10-8-35(9-11-37)17-4-5-21(19(27)12-17)42(39,40)18-6-7-36(15-18)23-20(14-32-22(13-31)34-23)41-24(38)33-16-26(28,29)30/h4-5,12,14,18H,6-11,15-16H2,1-3H3,(H,33,38)/t18-/m0/s1. The average molecular weight is 630 g/mol. The molecule has 0 bridgehead atoms. The van der Waals surface area contributed by atoms with E-state index in [1.807, 2.05) is 0 Å². The van der Waals surface area contributed by atoms with Gasteiger partial charge in [0.15, 0.2) is 21.4 Å². The summed E-state index contributed by atoms with van der Waals surface area (Å²) in [5.74, 6) is -0.695. The van der Waals surface area contributed by atoms with Crippen LogP contribution in [-0.2, 0) is 9.84 Å². The highest BCUT2D eigenvalue weighted by Crippen LogP contribution is 2.35. The normalized spacial score (nSPS) is 18.6. The number of piperazine rings is 1. The molecule has 2 aliphatic heterocycles. The number of carbonyl (C=O) groups is 1. The molecule has 1 amide bonds. The van der Waals surface area contributed by atoms with Gasteiger partial charge in [0.25, 0.3) is 0 Å². The van der Waals surface area contributed by atoms with Crippen LogP contribution in [0.15, 0.2) is 29.3 Å². The Morgan fingerprint density at radius 3 is 2.45 bits per heavy atom. The first-order valence-electron chi connectivity index (χ1n) is 13.2. The molecule has 2 saturated heterocycles. The number of nitrogens with zero attached hydrogens (tertiary/aromatic N) is 6. The topological polar surface area (TPSA) is 132 Å². The predicted molar refractivity (Wildman–Crippen MR) is 150 cm³/mol. The average Bonchev–Trinajstić information content (AvgIpc) is 3.42. The van der Waals surface area contributed by atoms with Gasteiger partial charge in [-0.3, -0.25) is 4.90 Å². The number of ether oxygens (including phenoxy) is 1. The van der Waals surface area contributed by atoms with E-state index < -0.39 is 33.9 Å². The lowest BCUT2D eigenvalue weighted by Gasteiger charge is -2.43. The quantitative estimate of drug-likeness (QED) is 0.505. The summed E-state index contributed by atoms with van der Waals surface area (Å²) in [4.78, 5) is 25.7. The molecule has 1 aromatic carbocycles. The number of aromatic nitrogens is 2. The third-order valence-electron chi connectivity index (χ3n) is 7.17. The molecule has 2 fully saturated rings. The van der Waals surface area contributed by atoms with Crippen molar-refractivity contribution in [2.75, 3.05) is 55.6 Å². The number of benzene rings is 1. The van der Waals surface area contributed by atoms with Gasteiger partial charge in [-0.25, -0.2) is 18.2 Å². The van der Waals surface area contributed by atoms with Crippen molar-refractivity contribution in [3.05, 3.63) is 35.2 Å². The summed E-state index contributed by atoms with van der Waals surface area (Å²) in [5.41, 5.74) is 0.891. The first-order valence-corrected chi connectivity index (χ1v) is 15.1. The number of carbonyl (C=O) groups excluding carboxylic acids is 1. The second-order valence-electron chi connectivity index (χ2n) is 11.0. The molecule has 0 unspecified atom stereocenters. The second kappa shape index (κ2) is 12.1. The van der Waals surface area contributed by atoms with Gasteiger partial charge in [0.1, 0.15) is 12.6 Å². The molecular weight excluding hydrogens is 599 g/mol. The Morgan fingerprint density at radius 1 is 1.17 bits per heavy atom. The number of amides is 1. The van der Waals surface area contributed by atoms with E-state index in [1.165, 1.54) is 11.0 Å². The number of halogens is 4. The number of nitriles is 1. The molecule has 11 nitrogen and oxygen atoms in total. The molecule has 3 heterocycles. The van der Waals surface area contributed by atoms with Crippen LogP contribution in [0.25, 0.3) is 0 Å². The largest absolute Gasteiger partial charge is 0.413 e. The zero-order valence-electron chi connectivity index (χ0n) is 23.3. The summed E-state index contributed by atoms with van der Waals surface area (Å²) in [6.45, 7) is 8.24. The summed E-state index contributed by atoms with van der Waals surface area (Å²) >= 11 is 6.52. The van der Waals surface area contributed by atoms with E-state index >= 15 is 0 Å². The van der Waals surface area contributed by atoms with Crippen molar-refractivity contribution >= 4 is 39.0 Å². The van der Waals surface area contributed by atoms with Gasteiger partial charge in [-0.05, 0) is 45.4 Å². The zero-order chi connectivity index (χ0) is 30.9. The van der Waals surface area contributed by atoms with Gasteiger partial charge in [-0.1, -0.05) is 11.6 Å². The maximum atomic E-state index is 13.6. The maximum absolute atomic E-state index is 13.6. The van der Waals surface area contributed by atoms with E-state index in [1.54, 1.807) is 23.5 Å². The third-order valence-corrected chi connectivity index (χ3v) is 9.83. The third kappa shape index (κ3) is 7.34. The first kappa shape index (κ1) is 31.6. The van der Waals surface area contributed by atoms with Crippen LogP contribution in [0, 0.1) is 11.3 Å². The van der Waals surface area contributed by atoms with Crippen molar-refractivity contribution in [1.29, 1.82) is 5.26 Å². The van der Waals surface area contributed by atoms with E-state index in [9.17, 15) is 31.6 Å². The highest BCUT2D eigenvalue weighted by atomic mass is 35.5. The van der Waals surface area contributed by atoms with E-state index in [0.717, 1.165) is 38.1 Å². The minimum atomic E-state index is -4.65. The number of alkyl halides is 3. The van der Waals surface area contributed by atoms with Crippen molar-refractivity contribution < 1.29 is 31.1 Å². The van der Waals surface area contributed by atoms with Gasteiger partial charge >= 0.3 is 12.3 Å². The lowest BCUT2D eigenvalue weighted by Crippen LogP contribution is -2.53. The van der Waals surface area contributed by atoms with Gasteiger partial charge in [0.05, 0.1) is 21.4 Å². The molecule has 1 aromatic heterocycles. The first-order chi connectivity index (χ1) is 19.6. The SMILES string of the molecule is CC(C)(C)N1CCN(c2ccc(S(=O)(=O)[C@H]3CCN(c4nc(C#N)ncc4OC(=O)NCC(F)(F)F)C3)c(Cl)c2)CC1. The summed E-state index contributed by atoms with van der Waals surface area (Å²) in [6, 6.07) is 6.64. The molecule has 16 heteroatoms. The number of anilines is 2. The number of nitrogens with one attached hydrogen (secondary N) is 1.